The summed E-state index contributed by atoms with van der Waals surface area (Å²) in [6.07, 6.45) is 3.08. The smallest absolute Gasteiger partial charge is 0.175 e. The highest BCUT2D eigenvalue weighted by Gasteiger charge is 2.08. The van der Waals surface area contributed by atoms with Crippen molar-refractivity contribution in [2.24, 2.45) is 0 Å². The number of hydrogen-bond acceptors (Lipinski definition) is 4. The Morgan fingerprint density at radius 1 is 1.14 bits per heavy atom. The molecule has 108 valence electrons. The Morgan fingerprint density at radius 2 is 1.86 bits per heavy atom. The van der Waals surface area contributed by atoms with Gasteiger partial charge in [-0.3, -0.25) is 0 Å². The van der Waals surface area contributed by atoms with Gasteiger partial charge in [0.15, 0.2) is 9.84 Å². The summed E-state index contributed by atoms with van der Waals surface area (Å²) in [6, 6.07) is 10.8. The minimum Gasteiger partial charge on any atom is -0.240 e. The third kappa shape index (κ3) is 2.91. The summed E-state index contributed by atoms with van der Waals surface area (Å²) in [4.78, 5) is 1.44. The molecule has 2 heterocycles. The summed E-state index contributed by atoms with van der Waals surface area (Å²) in [7, 11) is -3.16. The van der Waals surface area contributed by atoms with E-state index in [1.54, 1.807) is 40.3 Å². The van der Waals surface area contributed by atoms with E-state index in [0.717, 1.165) is 16.3 Å². The molecule has 3 rings (SSSR count). The molecule has 0 saturated heterocycles. The zero-order chi connectivity index (χ0) is 15.0. The minimum atomic E-state index is -3.16. The zero-order valence-electron chi connectivity index (χ0n) is 11.6. The summed E-state index contributed by atoms with van der Waals surface area (Å²) < 4.78 is 24.6. The number of aromatic nitrogens is 2. The number of hydrogen-bond donors (Lipinski definition) is 0. The third-order valence-corrected chi connectivity index (χ3v) is 5.30. The topological polar surface area (TPSA) is 52.0 Å². The number of thiophene rings is 1. The molecule has 0 aliphatic heterocycles. The molecule has 3 aromatic rings. The second-order valence-corrected chi connectivity index (χ2v) is 7.83. The van der Waals surface area contributed by atoms with Crippen LogP contribution in [-0.2, 0) is 9.84 Å². The van der Waals surface area contributed by atoms with E-state index in [-0.39, 0.29) is 0 Å². The van der Waals surface area contributed by atoms with Gasteiger partial charge in [-0.15, -0.1) is 11.3 Å². The van der Waals surface area contributed by atoms with Gasteiger partial charge >= 0.3 is 0 Å². The third-order valence-electron chi connectivity index (χ3n) is 3.10. The van der Waals surface area contributed by atoms with E-state index in [1.807, 2.05) is 12.3 Å². The van der Waals surface area contributed by atoms with Crippen LogP contribution in [-0.4, -0.2) is 24.5 Å². The quantitative estimate of drug-likeness (QED) is 0.744. The number of sulfone groups is 1. The summed E-state index contributed by atoms with van der Waals surface area (Å²) in [5.41, 5.74) is 2.98. The van der Waals surface area contributed by atoms with Crippen molar-refractivity contribution < 1.29 is 8.42 Å². The fourth-order valence-corrected chi connectivity index (χ4v) is 3.51. The number of nitrogens with zero attached hydrogens (tertiary/aromatic N) is 2. The van der Waals surface area contributed by atoms with E-state index < -0.39 is 9.84 Å². The van der Waals surface area contributed by atoms with Crippen LogP contribution >= 0.6 is 11.3 Å². The minimum absolute atomic E-state index is 0.313. The maximum atomic E-state index is 11.5. The molecule has 4 nitrogen and oxygen atoms in total. The molecule has 0 N–H and O–H groups in total. The molecule has 0 saturated carbocycles. The van der Waals surface area contributed by atoms with E-state index in [4.69, 9.17) is 0 Å². The van der Waals surface area contributed by atoms with Gasteiger partial charge in [0.05, 0.1) is 15.5 Å². The lowest BCUT2D eigenvalue weighted by molar-refractivity contribution is 0.602. The fourth-order valence-electron chi connectivity index (χ4n) is 2.01. The molecular weight excluding hydrogens is 304 g/mol. The van der Waals surface area contributed by atoms with Crippen LogP contribution in [0.3, 0.4) is 0 Å². The molecule has 0 radical (unpaired) electrons. The fraction of sp³-hybridized carbons (Fsp3) is 0.133. The van der Waals surface area contributed by atoms with Crippen LogP contribution in [0, 0.1) is 6.92 Å². The van der Waals surface area contributed by atoms with Crippen molar-refractivity contribution >= 4 is 21.2 Å². The number of aryl methyl sites for hydroxylation is 1. The molecule has 0 unspecified atom stereocenters. The number of rotatable bonds is 3. The van der Waals surface area contributed by atoms with Crippen LogP contribution in [0.1, 0.15) is 5.56 Å². The van der Waals surface area contributed by atoms with Gasteiger partial charge in [-0.2, -0.15) is 5.10 Å². The van der Waals surface area contributed by atoms with Crippen LogP contribution < -0.4 is 0 Å². The summed E-state index contributed by atoms with van der Waals surface area (Å²) >= 11 is 1.66. The lowest BCUT2D eigenvalue weighted by atomic mass is 10.3. The van der Waals surface area contributed by atoms with Crippen molar-refractivity contribution in [3.63, 3.8) is 0 Å². The maximum absolute atomic E-state index is 11.5. The van der Waals surface area contributed by atoms with Crippen molar-refractivity contribution in [1.29, 1.82) is 0 Å². The van der Waals surface area contributed by atoms with Crippen LogP contribution in [0.15, 0.2) is 52.9 Å². The highest BCUT2D eigenvalue weighted by atomic mass is 32.2. The molecule has 1 aromatic carbocycles. The average Bonchev–Trinajstić information content (AvgIpc) is 3.06. The standard InChI is InChI=1S/C15H14N2O2S2/c1-11-9-15(20-10-11)14-7-8-17(16-14)12-3-5-13(6-4-12)21(2,18)19/h3-10H,1-2H3. The largest absolute Gasteiger partial charge is 0.240 e. The first kappa shape index (κ1) is 14.0. The molecule has 0 aliphatic carbocycles. The average molecular weight is 318 g/mol. The van der Waals surface area contributed by atoms with Crippen LogP contribution in [0.25, 0.3) is 16.3 Å². The van der Waals surface area contributed by atoms with Gasteiger partial charge in [-0.05, 0) is 54.3 Å². The van der Waals surface area contributed by atoms with Gasteiger partial charge in [0.2, 0.25) is 0 Å². The Kier molecular flexibility index (Phi) is 3.43. The van der Waals surface area contributed by atoms with E-state index in [9.17, 15) is 8.42 Å². The first-order valence-corrected chi connectivity index (χ1v) is 9.12. The van der Waals surface area contributed by atoms with Gasteiger partial charge in [-0.1, -0.05) is 0 Å². The zero-order valence-corrected chi connectivity index (χ0v) is 13.3. The molecule has 0 atom stereocenters. The van der Waals surface area contributed by atoms with Crippen LogP contribution in [0.5, 0.6) is 0 Å². The van der Waals surface area contributed by atoms with Crippen molar-refractivity contribution in [2.45, 2.75) is 11.8 Å². The van der Waals surface area contributed by atoms with Crippen molar-refractivity contribution in [1.82, 2.24) is 9.78 Å². The SMILES string of the molecule is Cc1csc(-c2ccn(-c3ccc(S(C)(=O)=O)cc3)n2)c1. The predicted molar refractivity (Wildman–Crippen MR) is 84.7 cm³/mol. The molecular formula is C15H14N2O2S2. The Hall–Kier alpha value is -1.92. The van der Waals surface area contributed by atoms with Crippen LogP contribution in [0.2, 0.25) is 0 Å². The van der Waals surface area contributed by atoms with E-state index in [2.05, 4.69) is 23.5 Å². The Labute approximate surface area is 127 Å². The molecule has 0 aliphatic rings. The Bertz CT molecular complexity index is 875. The molecule has 0 fully saturated rings. The summed E-state index contributed by atoms with van der Waals surface area (Å²) in [6.45, 7) is 2.06. The monoisotopic (exact) mass is 318 g/mol. The van der Waals surface area contributed by atoms with Crippen molar-refractivity contribution in [3.05, 3.63) is 53.5 Å². The Balaban J connectivity index is 1.93. The summed E-state index contributed by atoms with van der Waals surface area (Å²) in [5, 5.41) is 6.63. The Morgan fingerprint density at radius 3 is 2.43 bits per heavy atom. The number of benzene rings is 1. The highest BCUT2D eigenvalue weighted by molar-refractivity contribution is 7.90. The molecule has 21 heavy (non-hydrogen) atoms. The van der Waals surface area contributed by atoms with Gasteiger partial charge in [0.1, 0.15) is 5.69 Å². The van der Waals surface area contributed by atoms with Gasteiger partial charge < -0.3 is 0 Å². The van der Waals surface area contributed by atoms with E-state index >= 15 is 0 Å². The first-order chi connectivity index (χ1) is 9.93. The maximum Gasteiger partial charge on any atom is 0.175 e. The lowest BCUT2D eigenvalue weighted by Gasteiger charge is -2.03. The molecule has 0 amide bonds. The van der Waals surface area contributed by atoms with E-state index in [1.165, 1.54) is 11.8 Å². The van der Waals surface area contributed by atoms with E-state index in [0.29, 0.717) is 4.90 Å². The second-order valence-electron chi connectivity index (χ2n) is 4.90. The molecule has 6 heteroatoms. The van der Waals surface area contributed by atoms with Gasteiger partial charge in [-0.25, -0.2) is 13.1 Å². The lowest BCUT2D eigenvalue weighted by Crippen LogP contribution is -1.99. The second kappa shape index (κ2) is 5.13. The van der Waals surface area contributed by atoms with Crippen molar-refractivity contribution in [2.75, 3.05) is 6.26 Å². The molecule has 0 spiro atoms. The highest BCUT2D eigenvalue weighted by Crippen LogP contribution is 2.26. The van der Waals surface area contributed by atoms with Gasteiger partial charge in [0.25, 0.3) is 0 Å². The van der Waals surface area contributed by atoms with Crippen molar-refractivity contribution in [3.8, 4) is 16.3 Å². The normalized spacial score (nSPS) is 11.7. The van der Waals surface area contributed by atoms with Gasteiger partial charge in [0, 0.05) is 12.5 Å². The van der Waals surface area contributed by atoms with Crippen LogP contribution in [0.4, 0.5) is 0 Å². The summed E-state index contributed by atoms with van der Waals surface area (Å²) in [5.74, 6) is 0. The predicted octanol–water partition coefficient (Wildman–Crippen LogP) is 3.31. The first-order valence-electron chi connectivity index (χ1n) is 6.35. The molecule has 2 aromatic heterocycles. The molecule has 0 bridgehead atoms.